The molecule has 1 aromatic rings. The van der Waals surface area contributed by atoms with Crippen molar-refractivity contribution < 1.29 is 41.9 Å². The highest BCUT2D eigenvalue weighted by Gasteiger charge is 2.62. The topological polar surface area (TPSA) is 181 Å². The van der Waals surface area contributed by atoms with Crippen LogP contribution in [-0.2, 0) is 47.0 Å². The Bertz CT molecular complexity index is 1690. The van der Waals surface area contributed by atoms with Crippen LogP contribution in [0.3, 0.4) is 0 Å². The van der Waals surface area contributed by atoms with E-state index in [2.05, 4.69) is 21.9 Å². The Morgan fingerprint density at radius 2 is 1.98 bits per heavy atom. The van der Waals surface area contributed by atoms with Crippen LogP contribution in [0.5, 0.6) is 0 Å². The highest BCUT2D eigenvalue weighted by molar-refractivity contribution is 7.91. The fraction of sp³-hybridized carbons (Fsp3) is 0.571. The predicted molar refractivity (Wildman–Crippen MR) is 181 cm³/mol. The fourth-order valence-electron chi connectivity index (χ4n) is 6.97. The Morgan fingerprint density at radius 1 is 1.18 bits per heavy atom. The van der Waals surface area contributed by atoms with Gasteiger partial charge < -0.3 is 25.0 Å². The standard InChI is InChI=1S/C35H45N5O9S/c1-3-5-13-28-31(42)40-20-25(17-29(40)30(41)37-35(18-24(35)4-2)32(43)38-50(46,47)26-14-15-26)49-34(45)39-19-23-12-9-11-22(27(23)21-39)10-7-6-8-16-48-33(44)36-28/h4,7,9-12,24-26,28-29H,2-3,5-6,8,13-21H2,1H3,(H,36,44)(H,37,41)(H,38,43)/b10-7-/t24-,25-,28+,29+,35-/m1/s1. The van der Waals surface area contributed by atoms with Crippen LogP contribution < -0.4 is 15.4 Å². The first-order valence-electron chi connectivity index (χ1n) is 17.4. The molecule has 0 radical (unpaired) electrons. The predicted octanol–water partition coefficient (Wildman–Crippen LogP) is 2.87. The van der Waals surface area contributed by atoms with Gasteiger partial charge in [-0.2, -0.15) is 0 Å². The summed E-state index contributed by atoms with van der Waals surface area (Å²) in [6.45, 7) is 6.37. The fourth-order valence-corrected chi connectivity index (χ4v) is 8.33. The smallest absolute Gasteiger partial charge is 0.410 e. The molecule has 0 unspecified atom stereocenters. The quantitative estimate of drug-likeness (QED) is 0.325. The minimum atomic E-state index is -3.90. The number of nitrogens with one attached hydrogen (secondary N) is 3. The summed E-state index contributed by atoms with van der Waals surface area (Å²) < 4.78 is 38.7. The molecule has 3 heterocycles. The van der Waals surface area contributed by atoms with Gasteiger partial charge in [0.15, 0.2) is 0 Å². The summed E-state index contributed by atoms with van der Waals surface area (Å²) in [5.41, 5.74) is 1.41. The first-order valence-corrected chi connectivity index (χ1v) is 19.0. The van der Waals surface area contributed by atoms with Crippen molar-refractivity contribution in [3.8, 4) is 0 Å². The molecule has 3 N–H and O–H groups in total. The zero-order chi connectivity index (χ0) is 35.6. The van der Waals surface area contributed by atoms with Crippen LogP contribution in [0.15, 0.2) is 36.9 Å². The first-order chi connectivity index (χ1) is 24.0. The summed E-state index contributed by atoms with van der Waals surface area (Å²) in [6, 6.07) is 3.65. The van der Waals surface area contributed by atoms with Gasteiger partial charge in [0.25, 0.3) is 5.91 Å². The number of nitrogens with zero attached hydrogens (tertiary/aromatic N) is 2. The second-order valence-corrected chi connectivity index (χ2v) is 15.8. The van der Waals surface area contributed by atoms with Gasteiger partial charge in [-0.1, -0.05) is 56.2 Å². The highest BCUT2D eigenvalue weighted by Crippen LogP contribution is 2.45. The normalized spacial score (nSPS) is 29.0. The molecular formula is C35H45N5O9S. The second-order valence-electron chi connectivity index (χ2n) is 13.8. The molecule has 5 aliphatic rings. The summed E-state index contributed by atoms with van der Waals surface area (Å²) in [6.07, 6.45) is 7.03. The summed E-state index contributed by atoms with van der Waals surface area (Å²) in [7, 11) is -3.90. The largest absolute Gasteiger partial charge is 0.450 e. The van der Waals surface area contributed by atoms with Crippen LogP contribution in [0, 0.1) is 5.92 Å². The summed E-state index contributed by atoms with van der Waals surface area (Å²) in [5, 5.41) is 4.76. The zero-order valence-corrected chi connectivity index (χ0v) is 29.0. The third-order valence-electron chi connectivity index (χ3n) is 10.1. The van der Waals surface area contributed by atoms with Crippen LogP contribution in [0.2, 0.25) is 0 Å². The van der Waals surface area contributed by atoms with E-state index in [9.17, 15) is 32.4 Å². The number of alkyl carbamates (subject to hydrolysis) is 1. The van der Waals surface area contributed by atoms with Gasteiger partial charge in [0, 0.05) is 18.9 Å². The van der Waals surface area contributed by atoms with Gasteiger partial charge in [0.1, 0.15) is 23.7 Å². The molecule has 2 aliphatic carbocycles. The maximum atomic E-state index is 14.2. The number of allylic oxidation sites excluding steroid dienone is 1. The van der Waals surface area contributed by atoms with Crippen molar-refractivity contribution in [3.63, 3.8) is 0 Å². The lowest BCUT2D eigenvalue weighted by atomic mass is 10.0. The van der Waals surface area contributed by atoms with Crippen LogP contribution in [0.25, 0.3) is 6.08 Å². The number of carbonyl (C=O) groups is 5. The van der Waals surface area contributed by atoms with Crippen molar-refractivity contribution in [2.45, 2.75) is 107 Å². The average molecular weight is 712 g/mol. The van der Waals surface area contributed by atoms with Gasteiger partial charge in [-0.25, -0.2) is 18.0 Å². The lowest BCUT2D eigenvalue weighted by molar-refractivity contribution is -0.141. The number of cyclic esters (lactones) is 1. The van der Waals surface area contributed by atoms with E-state index in [1.807, 2.05) is 37.3 Å². The van der Waals surface area contributed by atoms with Crippen LogP contribution in [0.1, 0.15) is 81.4 Å². The maximum absolute atomic E-state index is 14.2. The van der Waals surface area contributed by atoms with Crippen LogP contribution in [0.4, 0.5) is 9.59 Å². The Kier molecular flexibility index (Phi) is 10.2. The minimum Gasteiger partial charge on any atom is -0.450 e. The molecule has 4 bridgehead atoms. The molecule has 1 saturated heterocycles. The lowest BCUT2D eigenvalue weighted by Crippen LogP contribution is -2.58. The minimum absolute atomic E-state index is 0.0696. The molecule has 14 nitrogen and oxygen atoms in total. The Balaban J connectivity index is 1.26. The average Bonchev–Trinajstić information content (AvgIpc) is 3.98. The second kappa shape index (κ2) is 14.4. The zero-order valence-electron chi connectivity index (χ0n) is 28.2. The molecule has 0 spiro atoms. The molecule has 50 heavy (non-hydrogen) atoms. The Hall–Kier alpha value is -4.40. The molecule has 15 heteroatoms. The molecule has 2 saturated carbocycles. The number of unbranched alkanes of at least 4 members (excludes halogenated alkanes) is 1. The maximum Gasteiger partial charge on any atom is 0.410 e. The van der Waals surface area contributed by atoms with Gasteiger partial charge in [-0.3, -0.25) is 24.0 Å². The van der Waals surface area contributed by atoms with Crippen LogP contribution in [-0.4, -0.2) is 90.3 Å². The lowest BCUT2D eigenvalue weighted by Gasteiger charge is -2.29. The molecule has 1 aromatic carbocycles. The summed E-state index contributed by atoms with van der Waals surface area (Å²) >= 11 is 0. The van der Waals surface area contributed by atoms with E-state index in [0.717, 1.165) is 23.1 Å². The molecule has 5 amide bonds. The Labute approximate surface area is 292 Å². The van der Waals surface area contributed by atoms with E-state index in [4.69, 9.17) is 9.47 Å². The van der Waals surface area contributed by atoms with E-state index < -0.39 is 74.8 Å². The summed E-state index contributed by atoms with van der Waals surface area (Å²) in [4.78, 5) is 70.8. The monoisotopic (exact) mass is 711 g/mol. The number of ether oxygens (including phenoxy) is 2. The number of rotatable bonds is 9. The van der Waals surface area contributed by atoms with E-state index in [-0.39, 0.29) is 32.4 Å². The van der Waals surface area contributed by atoms with Gasteiger partial charge in [0.05, 0.1) is 24.9 Å². The number of hydrogen-bond acceptors (Lipinski definition) is 9. The third-order valence-corrected chi connectivity index (χ3v) is 11.9. The molecule has 3 aliphatic heterocycles. The van der Waals surface area contributed by atoms with E-state index >= 15 is 0 Å². The molecule has 5 atom stereocenters. The number of sulfonamides is 1. The summed E-state index contributed by atoms with van der Waals surface area (Å²) in [5.74, 6) is -2.65. The van der Waals surface area contributed by atoms with E-state index in [1.54, 1.807) is 4.90 Å². The van der Waals surface area contributed by atoms with Crippen molar-refractivity contribution in [3.05, 3.63) is 53.6 Å². The van der Waals surface area contributed by atoms with Crippen molar-refractivity contribution >= 4 is 46.0 Å². The molecule has 3 fully saturated rings. The highest BCUT2D eigenvalue weighted by atomic mass is 32.2. The SMILES string of the molecule is C=C[C@@H]1C[C@]1(NC(=O)[C@@H]1C[C@@H]2CN1C(=O)[C@H](CCCC)NC(=O)OCCC/C=C\c1cccc3c1CN(C3)C(=O)O2)C(=O)NS(=O)(=O)C1CC1. The van der Waals surface area contributed by atoms with E-state index in [1.165, 1.54) is 11.0 Å². The Morgan fingerprint density at radius 3 is 2.70 bits per heavy atom. The number of amides is 5. The van der Waals surface area contributed by atoms with Crippen molar-refractivity contribution in [1.82, 2.24) is 25.2 Å². The van der Waals surface area contributed by atoms with E-state index in [0.29, 0.717) is 45.2 Å². The molecule has 0 aromatic heterocycles. The number of fused-ring (bicyclic) bond motifs is 3. The van der Waals surface area contributed by atoms with Gasteiger partial charge >= 0.3 is 12.2 Å². The van der Waals surface area contributed by atoms with Gasteiger partial charge in [-0.15, -0.1) is 6.58 Å². The molecule has 270 valence electrons. The van der Waals surface area contributed by atoms with Crippen molar-refractivity contribution in [2.24, 2.45) is 5.92 Å². The number of benzene rings is 1. The van der Waals surface area contributed by atoms with Crippen molar-refractivity contribution in [1.29, 1.82) is 0 Å². The van der Waals surface area contributed by atoms with Crippen molar-refractivity contribution in [2.75, 3.05) is 13.2 Å². The molecule has 6 rings (SSSR count). The van der Waals surface area contributed by atoms with Gasteiger partial charge in [0.2, 0.25) is 21.8 Å². The third kappa shape index (κ3) is 7.52. The number of carbonyl (C=O) groups excluding carboxylic acids is 5. The van der Waals surface area contributed by atoms with Crippen LogP contribution >= 0.6 is 0 Å². The first kappa shape index (κ1) is 35.4. The number of hydrogen-bond donors (Lipinski definition) is 3. The molecular weight excluding hydrogens is 666 g/mol. The van der Waals surface area contributed by atoms with Gasteiger partial charge in [-0.05, 0) is 55.2 Å².